The number of amides is 1. The highest BCUT2D eigenvalue weighted by molar-refractivity contribution is 7.89. The van der Waals surface area contributed by atoms with Crippen LogP contribution in [0.2, 0.25) is 0 Å². The van der Waals surface area contributed by atoms with Crippen molar-refractivity contribution in [2.75, 3.05) is 18.4 Å². The predicted octanol–water partition coefficient (Wildman–Crippen LogP) is 3.33. The Morgan fingerprint density at radius 2 is 1.82 bits per heavy atom. The van der Waals surface area contributed by atoms with Gasteiger partial charge in [0.25, 0.3) is 11.6 Å². The molecule has 0 heterocycles. The smallest absolute Gasteiger partial charge is 0.274 e. The Morgan fingerprint density at radius 1 is 1.18 bits per heavy atom. The monoisotopic (exact) mass is 409 g/mol. The van der Waals surface area contributed by atoms with Crippen LogP contribution in [0.4, 0.5) is 15.8 Å². The SMILES string of the molecule is CCN(CC)S(=O)(=O)c1ccc(F)c(C(=O)Nc2ccc(C)c([N+](=O)[O-])c2)c1. The van der Waals surface area contributed by atoms with E-state index in [0.29, 0.717) is 5.56 Å². The third-order valence-electron chi connectivity index (χ3n) is 4.19. The van der Waals surface area contributed by atoms with Gasteiger partial charge in [0, 0.05) is 30.4 Å². The van der Waals surface area contributed by atoms with Crippen LogP contribution in [-0.2, 0) is 10.0 Å². The Bertz CT molecular complexity index is 1020. The number of nitrogens with one attached hydrogen (secondary N) is 1. The summed E-state index contributed by atoms with van der Waals surface area (Å²) >= 11 is 0. The highest BCUT2D eigenvalue weighted by Crippen LogP contribution is 2.24. The summed E-state index contributed by atoms with van der Waals surface area (Å²) in [5, 5.41) is 13.4. The van der Waals surface area contributed by atoms with Crippen molar-refractivity contribution in [1.82, 2.24) is 4.31 Å². The standard InChI is InChI=1S/C18H20FN3O5S/c1-4-21(5-2)28(26,27)14-8-9-16(19)15(11-14)18(23)20-13-7-6-12(3)17(10-13)22(24)25/h6-11H,4-5H2,1-3H3,(H,20,23). The lowest BCUT2D eigenvalue weighted by Gasteiger charge is -2.19. The normalized spacial score (nSPS) is 11.5. The number of carbonyl (C=O) groups excluding carboxylic acids is 1. The molecular weight excluding hydrogens is 389 g/mol. The van der Waals surface area contributed by atoms with Gasteiger partial charge in [0.05, 0.1) is 15.4 Å². The number of benzene rings is 2. The first-order valence-electron chi connectivity index (χ1n) is 8.47. The van der Waals surface area contributed by atoms with Gasteiger partial charge in [-0.05, 0) is 31.2 Å². The van der Waals surface area contributed by atoms with Crippen LogP contribution in [0.15, 0.2) is 41.3 Å². The summed E-state index contributed by atoms with van der Waals surface area (Å²) in [5.41, 5.74) is -0.173. The van der Waals surface area contributed by atoms with Crippen molar-refractivity contribution in [2.45, 2.75) is 25.7 Å². The minimum absolute atomic E-state index is 0.0960. The van der Waals surface area contributed by atoms with Gasteiger partial charge in [0.2, 0.25) is 10.0 Å². The molecule has 0 bridgehead atoms. The number of halogens is 1. The molecule has 2 rings (SSSR count). The van der Waals surface area contributed by atoms with Crippen LogP contribution < -0.4 is 5.32 Å². The lowest BCUT2D eigenvalue weighted by Crippen LogP contribution is -2.31. The number of hydrogen-bond acceptors (Lipinski definition) is 5. The molecule has 0 fully saturated rings. The second kappa shape index (κ2) is 8.44. The molecule has 0 aliphatic heterocycles. The van der Waals surface area contributed by atoms with Gasteiger partial charge in [-0.25, -0.2) is 12.8 Å². The molecule has 1 N–H and O–H groups in total. The average Bonchev–Trinajstić information content (AvgIpc) is 2.63. The van der Waals surface area contributed by atoms with E-state index in [1.54, 1.807) is 20.8 Å². The van der Waals surface area contributed by atoms with Crippen LogP contribution >= 0.6 is 0 Å². The molecule has 0 aliphatic carbocycles. The molecule has 1 amide bonds. The molecular formula is C18H20FN3O5S. The van der Waals surface area contributed by atoms with Crippen molar-refractivity contribution in [2.24, 2.45) is 0 Å². The highest BCUT2D eigenvalue weighted by Gasteiger charge is 2.24. The molecule has 0 aromatic heterocycles. The summed E-state index contributed by atoms with van der Waals surface area (Å²) in [6.07, 6.45) is 0. The van der Waals surface area contributed by atoms with Crippen LogP contribution in [0.5, 0.6) is 0 Å². The number of aryl methyl sites for hydroxylation is 1. The fourth-order valence-electron chi connectivity index (χ4n) is 2.63. The number of carbonyl (C=O) groups is 1. The summed E-state index contributed by atoms with van der Waals surface area (Å²) in [5.74, 6) is -1.81. The Morgan fingerprint density at radius 3 is 2.39 bits per heavy atom. The fraction of sp³-hybridized carbons (Fsp3) is 0.278. The Hall–Kier alpha value is -2.85. The van der Waals surface area contributed by atoms with Gasteiger partial charge >= 0.3 is 0 Å². The zero-order valence-corrected chi connectivity index (χ0v) is 16.4. The maximum absolute atomic E-state index is 14.2. The van der Waals surface area contributed by atoms with Crippen molar-refractivity contribution >= 4 is 27.3 Å². The summed E-state index contributed by atoms with van der Waals surface area (Å²) in [6, 6.07) is 7.00. The molecule has 0 unspecified atom stereocenters. The van der Waals surface area contributed by atoms with E-state index in [9.17, 15) is 27.7 Å². The molecule has 0 saturated heterocycles. The van der Waals surface area contributed by atoms with Crippen molar-refractivity contribution in [3.63, 3.8) is 0 Å². The van der Waals surface area contributed by atoms with Crippen molar-refractivity contribution in [3.05, 3.63) is 63.5 Å². The third-order valence-corrected chi connectivity index (χ3v) is 6.24. The van der Waals surface area contributed by atoms with E-state index in [-0.39, 0.29) is 29.4 Å². The number of rotatable bonds is 7. The zero-order valence-electron chi connectivity index (χ0n) is 15.6. The van der Waals surface area contributed by atoms with E-state index in [2.05, 4.69) is 5.32 Å². The second-order valence-corrected chi connectivity index (χ2v) is 7.88. The summed E-state index contributed by atoms with van der Waals surface area (Å²) in [7, 11) is -3.87. The third kappa shape index (κ3) is 4.34. The van der Waals surface area contributed by atoms with E-state index in [1.807, 2.05) is 0 Å². The van der Waals surface area contributed by atoms with Gasteiger partial charge in [0.1, 0.15) is 5.82 Å². The Kier molecular flexibility index (Phi) is 6.47. The summed E-state index contributed by atoms with van der Waals surface area (Å²) in [6.45, 7) is 5.34. The van der Waals surface area contributed by atoms with Gasteiger partial charge < -0.3 is 5.32 Å². The maximum Gasteiger partial charge on any atom is 0.274 e. The first-order chi connectivity index (χ1) is 13.1. The maximum atomic E-state index is 14.2. The van der Waals surface area contributed by atoms with Crippen LogP contribution in [0.25, 0.3) is 0 Å². The minimum atomic E-state index is -3.87. The molecule has 2 aromatic carbocycles. The predicted molar refractivity (Wildman–Crippen MR) is 102 cm³/mol. The minimum Gasteiger partial charge on any atom is -0.322 e. The molecule has 0 spiro atoms. The van der Waals surface area contributed by atoms with Gasteiger partial charge in [-0.3, -0.25) is 14.9 Å². The van der Waals surface area contributed by atoms with Gasteiger partial charge in [0.15, 0.2) is 0 Å². The second-order valence-electron chi connectivity index (χ2n) is 5.94. The number of hydrogen-bond donors (Lipinski definition) is 1. The number of nitro groups is 1. The van der Waals surface area contributed by atoms with E-state index in [0.717, 1.165) is 24.3 Å². The molecule has 0 saturated carbocycles. The van der Waals surface area contributed by atoms with Crippen LogP contribution in [-0.4, -0.2) is 36.6 Å². The van der Waals surface area contributed by atoms with E-state index in [4.69, 9.17) is 0 Å². The summed E-state index contributed by atoms with van der Waals surface area (Å²) < 4.78 is 40.5. The molecule has 0 aliphatic rings. The number of sulfonamides is 1. The number of nitrogens with zero attached hydrogens (tertiary/aromatic N) is 2. The molecule has 0 atom stereocenters. The van der Waals surface area contributed by atoms with Crippen LogP contribution in [0, 0.1) is 22.9 Å². The molecule has 10 heteroatoms. The quantitative estimate of drug-likeness (QED) is 0.557. The Balaban J connectivity index is 2.39. The lowest BCUT2D eigenvalue weighted by atomic mass is 10.1. The van der Waals surface area contributed by atoms with Crippen LogP contribution in [0.1, 0.15) is 29.8 Å². The van der Waals surface area contributed by atoms with Crippen molar-refractivity contribution < 1.29 is 22.5 Å². The molecule has 8 nitrogen and oxygen atoms in total. The Labute approximate surface area is 162 Å². The van der Waals surface area contributed by atoms with Crippen molar-refractivity contribution in [3.8, 4) is 0 Å². The molecule has 0 radical (unpaired) electrons. The van der Waals surface area contributed by atoms with E-state index >= 15 is 0 Å². The zero-order chi connectivity index (χ0) is 21.1. The lowest BCUT2D eigenvalue weighted by molar-refractivity contribution is -0.385. The molecule has 150 valence electrons. The largest absolute Gasteiger partial charge is 0.322 e. The first kappa shape index (κ1) is 21.5. The van der Waals surface area contributed by atoms with Crippen molar-refractivity contribution in [1.29, 1.82) is 0 Å². The summed E-state index contributed by atoms with van der Waals surface area (Å²) in [4.78, 5) is 22.7. The number of nitro benzene ring substituents is 1. The fourth-order valence-corrected chi connectivity index (χ4v) is 4.12. The highest BCUT2D eigenvalue weighted by atomic mass is 32.2. The van der Waals surface area contributed by atoms with E-state index < -0.39 is 32.2 Å². The topological polar surface area (TPSA) is 110 Å². The molecule has 28 heavy (non-hydrogen) atoms. The van der Waals surface area contributed by atoms with Crippen LogP contribution in [0.3, 0.4) is 0 Å². The van der Waals surface area contributed by atoms with Gasteiger partial charge in [-0.15, -0.1) is 0 Å². The molecule has 2 aromatic rings. The van der Waals surface area contributed by atoms with Gasteiger partial charge in [-0.2, -0.15) is 4.31 Å². The first-order valence-corrected chi connectivity index (χ1v) is 9.91. The number of anilines is 1. The van der Waals surface area contributed by atoms with E-state index in [1.165, 1.54) is 16.4 Å². The van der Waals surface area contributed by atoms with Gasteiger partial charge in [-0.1, -0.05) is 19.9 Å². The average molecular weight is 409 g/mol.